The molecule has 0 spiro atoms. The molecule has 2 aromatic rings. The van der Waals surface area contributed by atoms with Gasteiger partial charge in [0, 0.05) is 22.0 Å². The van der Waals surface area contributed by atoms with Crippen molar-refractivity contribution in [2.45, 2.75) is 32.6 Å². The quantitative estimate of drug-likeness (QED) is 0.754. The molecule has 0 saturated heterocycles. The minimum Gasteiger partial charge on any atom is -0.358 e. The number of benzene rings is 1. The van der Waals surface area contributed by atoms with E-state index in [-0.39, 0.29) is 5.41 Å². The summed E-state index contributed by atoms with van der Waals surface area (Å²) in [5, 5.41) is 0.622. The number of hydrogen-bond donors (Lipinski definition) is 1. The number of fused-ring (bicyclic) bond motifs is 1. The van der Waals surface area contributed by atoms with Crippen LogP contribution in [0.15, 0.2) is 18.2 Å². The second-order valence-electron chi connectivity index (χ2n) is 5.19. The van der Waals surface area contributed by atoms with Gasteiger partial charge < -0.3 is 4.98 Å². The summed E-state index contributed by atoms with van der Waals surface area (Å²) in [5.74, 6) is -0.855. The van der Waals surface area contributed by atoms with Gasteiger partial charge in [-0.3, -0.25) is 0 Å². The van der Waals surface area contributed by atoms with Crippen LogP contribution < -0.4 is 0 Å². The number of aromatic amines is 1. The van der Waals surface area contributed by atoms with Gasteiger partial charge in [-0.15, -0.1) is 0 Å². The highest BCUT2D eigenvalue weighted by Gasteiger charge is 2.19. The smallest absolute Gasteiger partial charge is 0.266 e. The molecular weight excluding hydrogens is 227 g/mol. The third-order valence-corrected chi connectivity index (χ3v) is 2.78. The molecule has 0 saturated carbocycles. The van der Waals surface area contributed by atoms with Crippen LogP contribution in [0.1, 0.15) is 38.5 Å². The SMILES string of the molecule is CC(C)(C)c1cc2cc(F)c(C(F)F)cc2[nH]1. The van der Waals surface area contributed by atoms with E-state index in [0.29, 0.717) is 10.9 Å². The van der Waals surface area contributed by atoms with Crippen LogP contribution in [0.4, 0.5) is 13.2 Å². The van der Waals surface area contributed by atoms with Gasteiger partial charge in [0.05, 0.1) is 5.56 Å². The third-order valence-electron chi connectivity index (χ3n) is 2.78. The van der Waals surface area contributed by atoms with E-state index in [1.54, 1.807) is 6.07 Å². The monoisotopic (exact) mass is 241 g/mol. The van der Waals surface area contributed by atoms with Crippen molar-refractivity contribution >= 4 is 10.9 Å². The largest absolute Gasteiger partial charge is 0.358 e. The van der Waals surface area contributed by atoms with E-state index in [1.807, 2.05) is 20.8 Å². The van der Waals surface area contributed by atoms with E-state index in [2.05, 4.69) is 4.98 Å². The molecule has 0 aliphatic carbocycles. The van der Waals surface area contributed by atoms with Crippen molar-refractivity contribution in [2.24, 2.45) is 0 Å². The molecule has 0 aliphatic rings. The van der Waals surface area contributed by atoms with Crippen LogP contribution in [-0.4, -0.2) is 4.98 Å². The van der Waals surface area contributed by atoms with E-state index < -0.39 is 17.8 Å². The molecule has 4 heteroatoms. The summed E-state index contributed by atoms with van der Waals surface area (Å²) in [6.45, 7) is 6.01. The summed E-state index contributed by atoms with van der Waals surface area (Å²) in [6, 6.07) is 4.14. The van der Waals surface area contributed by atoms with Crippen LogP contribution in [0, 0.1) is 5.82 Å². The summed E-state index contributed by atoms with van der Waals surface area (Å²) in [7, 11) is 0. The van der Waals surface area contributed by atoms with Gasteiger partial charge in [-0.25, -0.2) is 13.2 Å². The molecule has 92 valence electrons. The lowest BCUT2D eigenvalue weighted by Crippen LogP contribution is -2.10. The van der Waals surface area contributed by atoms with E-state index >= 15 is 0 Å². The molecule has 2 rings (SSSR count). The van der Waals surface area contributed by atoms with Crippen LogP contribution in [-0.2, 0) is 5.41 Å². The first-order chi connectivity index (χ1) is 7.79. The Morgan fingerprint density at radius 3 is 2.29 bits per heavy atom. The maximum atomic E-state index is 13.4. The summed E-state index contributed by atoms with van der Waals surface area (Å²) >= 11 is 0. The van der Waals surface area contributed by atoms with Crippen LogP contribution in [0.5, 0.6) is 0 Å². The fraction of sp³-hybridized carbons (Fsp3) is 0.385. The molecule has 0 bridgehead atoms. The molecule has 17 heavy (non-hydrogen) atoms. The first-order valence-electron chi connectivity index (χ1n) is 5.40. The average molecular weight is 241 g/mol. The highest BCUT2D eigenvalue weighted by Crippen LogP contribution is 2.30. The summed E-state index contributed by atoms with van der Waals surface area (Å²) in [5.41, 5.74) is 0.769. The maximum absolute atomic E-state index is 13.4. The van der Waals surface area contributed by atoms with Gasteiger partial charge in [0.2, 0.25) is 0 Å². The number of nitrogens with one attached hydrogen (secondary N) is 1. The van der Waals surface area contributed by atoms with Crippen molar-refractivity contribution in [1.29, 1.82) is 0 Å². The Labute approximate surface area is 97.6 Å². The number of halogens is 3. The Hall–Kier alpha value is -1.45. The standard InChI is InChI=1S/C13H14F3N/c1-13(2,3)11-5-7-4-9(14)8(12(15)16)6-10(7)17-11/h4-6,12,17H,1-3H3. The van der Waals surface area contributed by atoms with E-state index in [9.17, 15) is 13.2 Å². The second-order valence-corrected chi connectivity index (χ2v) is 5.19. The lowest BCUT2D eigenvalue weighted by Gasteiger charge is -2.15. The van der Waals surface area contributed by atoms with E-state index in [1.165, 1.54) is 6.07 Å². The Bertz CT molecular complexity index is 550. The summed E-state index contributed by atoms with van der Waals surface area (Å²) in [6.07, 6.45) is -2.79. The van der Waals surface area contributed by atoms with Gasteiger partial charge in [0.15, 0.2) is 0 Å². The van der Waals surface area contributed by atoms with Gasteiger partial charge in [-0.05, 0) is 18.2 Å². The van der Waals surface area contributed by atoms with Gasteiger partial charge in [0.1, 0.15) is 5.82 Å². The zero-order valence-electron chi connectivity index (χ0n) is 9.94. The number of rotatable bonds is 1. The van der Waals surface area contributed by atoms with Crippen LogP contribution in [0.2, 0.25) is 0 Å². The summed E-state index contributed by atoms with van der Waals surface area (Å²) < 4.78 is 38.5. The molecular formula is C13H14F3N. The molecule has 0 aliphatic heterocycles. The van der Waals surface area contributed by atoms with Crippen LogP contribution >= 0.6 is 0 Å². The molecule has 0 radical (unpaired) electrons. The second kappa shape index (κ2) is 3.79. The molecule has 0 unspecified atom stereocenters. The lowest BCUT2D eigenvalue weighted by molar-refractivity contribution is 0.146. The van der Waals surface area contributed by atoms with Crippen molar-refractivity contribution in [3.05, 3.63) is 35.3 Å². The molecule has 1 nitrogen and oxygen atoms in total. The number of H-pyrrole nitrogens is 1. The Balaban J connectivity index is 2.63. The molecule has 0 amide bonds. The number of alkyl halides is 2. The number of hydrogen-bond acceptors (Lipinski definition) is 0. The highest BCUT2D eigenvalue weighted by atomic mass is 19.3. The Morgan fingerprint density at radius 2 is 1.76 bits per heavy atom. The summed E-state index contributed by atoms with van der Waals surface area (Å²) in [4.78, 5) is 3.06. The van der Waals surface area contributed by atoms with Crippen LogP contribution in [0.3, 0.4) is 0 Å². The zero-order valence-corrected chi connectivity index (χ0v) is 9.94. The predicted molar refractivity (Wildman–Crippen MR) is 61.9 cm³/mol. The maximum Gasteiger partial charge on any atom is 0.266 e. The molecule has 1 aromatic heterocycles. The van der Waals surface area contributed by atoms with Gasteiger partial charge in [0.25, 0.3) is 6.43 Å². The minimum atomic E-state index is -2.79. The molecule has 0 atom stereocenters. The van der Waals surface area contributed by atoms with Crippen molar-refractivity contribution in [2.75, 3.05) is 0 Å². The first kappa shape index (κ1) is 12.0. The van der Waals surface area contributed by atoms with E-state index in [4.69, 9.17) is 0 Å². The van der Waals surface area contributed by atoms with Crippen molar-refractivity contribution in [3.8, 4) is 0 Å². The Kier molecular flexibility index (Phi) is 2.68. The fourth-order valence-corrected chi connectivity index (χ4v) is 1.74. The normalized spacial score (nSPS) is 12.6. The van der Waals surface area contributed by atoms with Gasteiger partial charge >= 0.3 is 0 Å². The average Bonchev–Trinajstić information content (AvgIpc) is 2.58. The van der Waals surface area contributed by atoms with Crippen molar-refractivity contribution in [1.82, 2.24) is 4.98 Å². The van der Waals surface area contributed by atoms with Gasteiger partial charge in [-0.1, -0.05) is 20.8 Å². The fourth-order valence-electron chi connectivity index (χ4n) is 1.74. The topological polar surface area (TPSA) is 15.8 Å². The zero-order chi connectivity index (χ0) is 12.8. The van der Waals surface area contributed by atoms with Crippen molar-refractivity contribution < 1.29 is 13.2 Å². The molecule has 1 N–H and O–H groups in total. The highest BCUT2D eigenvalue weighted by molar-refractivity contribution is 5.81. The Morgan fingerprint density at radius 1 is 1.12 bits per heavy atom. The molecule has 1 heterocycles. The predicted octanol–water partition coefficient (Wildman–Crippen LogP) is 4.54. The lowest BCUT2D eigenvalue weighted by atomic mass is 9.92. The van der Waals surface area contributed by atoms with Crippen LogP contribution in [0.25, 0.3) is 10.9 Å². The van der Waals surface area contributed by atoms with E-state index in [0.717, 1.165) is 11.8 Å². The third kappa shape index (κ3) is 2.16. The van der Waals surface area contributed by atoms with Crippen molar-refractivity contribution in [3.63, 3.8) is 0 Å². The first-order valence-corrected chi connectivity index (χ1v) is 5.40. The molecule has 0 fully saturated rings. The molecule has 1 aromatic carbocycles. The minimum absolute atomic E-state index is 0.125. The van der Waals surface area contributed by atoms with Gasteiger partial charge in [-0.2, -0.15) is 0 Å². The number of aromatic nitrogens is 1.